The fraction of sp³-hybridized carbons (Fsp3) is 0.167. The third-order valence-corrected chi connectivity index (χ3v) is 4.53. The molecule has 0 fully saturated rings. The molecule has 0 saturated carbocycles. The highest BCUT2D eigenvalue weighted by atomic mass is 16.5. The van der Waals surface area contributed by atoms with Gasteiger partial charge in [0.1, 0.15) is 5.75 Å². The number of carbonyl (C=O) groups is 2. The van der Waals surface area contributed by atoms with Crippen molar-refractivity contribution >= 4 is 17.5 Å². The fourth-order valence-corrected chi connectivity index (χ4v) is 2.89. The zero-order valence-electron chi connectivity index (χ0n) is 16.6. The third kappa shape index (κ3) is 5.69. The van der Waals surface area contributed by atoms with Crippen LogP contribution in [0, 0.1) is 6.92 Å². The highest BCUT2D eigenvalue weighted by molar-refractivity contribution is 6.06. The largest absolute Gasteiger partial charge is 0.497 e. The highest BCUT2D eigenvalue weighted by Gasteiger charge is 2.11. The van der Waals surface area contributed by atoms with Gasteiger partial charge in [0.15, 0.2) is 0 Å². The van der Waals surface area contributed by atoms with Crippen molar-refractivity contribution in [2.75, 3.05) is 19.0 Å². The van der Waals surface area contributed by atoms with Crippen LogP contribution in [0.15, 0.2) is 72.8 Å². The van der Waals surface area contributed by atoms with E-state index in [2.05, 4.69) is 10.6 Å². The van der Waals surface area contributed by atoms with E-state index in [0.29, 0.717) is 29.8 Å². The molecule has 3 rings (SSSR count). The Morgan fingerprint density at radius 2 is 1.55 bits per heavy atom. The second kappa shape index (κ2) is 9.55. The van der Waals surface area contributed by atoms with E-state index in [-0.39, 0.29) is 11.8 Å². The van der Waals surface area contributed by atoms with Crippen LogP contribution in [-0.2, 0) is 6.42 Å². The maximum absolute atomic E-state index is 12.5. The first kappa shape index (κ1) is 20.1. The van der Waals surface area contributed by atoms with Gasteiger partial charge in [0, 0.05) is 23.4 Å². The van der Waals surface area contributed by atoms with Crippen molar-refractivity contribution in [3.63, 3.8) is 0 Å². The van der Waals surface area contributed by atoms with Gasteiger partial charge in [-0.3, -0.25) is 9.59 Å². The molecule has 2 N–H and O–H groups in total. The normalized spacial score (nSPS) is 10.3. The van der Waals surface area contributed by atoms with E-state index in [4.69, 9.17) is 4.74 Å². The van der Waals surface area contributed by atoms with Crippen LogP contribution in [0.1, 0.15) is 31.8 Å². The van der Waals surface area contributed by atoms with Gasteiger partial charge in [-0.05, 0) is 61.4 Å². The molecule has 0 aliphatic rings. The Labute approximate surface area is 170 Å². The zero-order chi connectivity index (χ0) is 20.6. The van der Waals surface area contributed by atoms with Crippen LogP contribution in [0.4, 0.5) is 5.69 Å². The summed E-state index contributed by atoms with van der Waals surface area (Å²) in [6.07, 6.45) is 0.691. The monoisotopic (exact) mass is 388 g/mol. The lowest BCUT2D eigenvalue weighted by Crippen LogP contribution is -2.26. The number of aryl methyl sites for hydroxylation is 1. The van der Waals surface area contributed by atoms with E-state index in [9.17, 15) is 9.59 Å². The first-order chi connectivity index (χ1) is 14.0. The number of amides is 2. The van der Waals surface area contributed by atoms with Crippen LogP contribution in [0.25, 0.3) is 0 Å². The number of hydrogen-bond acceptors (Lipinski definition) is 3. The van der Waals surface area contributed by atoms with Gasteiger partial charge in [-0.15, -0.1) is 0 Å². The Hall–Kier alpha value is -3.60. The fourth-order valence-electron chi connectivity index (χ4n) is 2.89. The van der Waals surface area contributed by atoms with E-state index in [0.717, 1.165) is 16.9 Å². The van der Waals surface area contributed by atoms with Gasteiger partial charge in [-0.1, -0.05) is 35.9 Å². The van der Waals surface area contributed by atoms with Crippen molar-refractivity contribution in [2.24, 2.45) is 0 Å². The second-order valence-electron chi connectivity index (χ2n) is 6.76. The van der Waals surface area contributed by atoms with Crippen molar-refractivity contribution in [1.29, 1.82) is 0 Å². The molecule has 0 atom stereocenters. The van der Waals surface area contributed by atoms with Crippen LogP contribution in [-0.4, -0.2) is 25.5 Å². The van der Waals surface area contributed by atoms with Crippen LogP contribution < -0.4 is 15.4 Å². The minimum absolute atomic E-state index is 0.210. The number of benzene rings is 3. The lowest BCUT2D eigenvalue weighted by Gasteiger charge is -2.09. The van der Waals surface area contributed by atoms with Gasteiger partial charge in [-0.25, -0.2) is 0 Å². The van der Waals surface area contributed by atoms with Crippen molar-refractivity contribution in [3.05, 3.63) is 95.1 Å². The Morgan fingerprint density at radius 1 is 0.862 bits per heavy atom. The number of nitrogens with one attached hydrogen (secondary N) is 2. The maximum Gasteiger partial charge on any atom is 0.255 e. The van der Waals surface area contributed by atoms with Gasteiger partial charge in [-0.2, -0.15) is 0 Å². The van der Waals surface area contributed by atoms with Gasteiger partial charge >= 0.3 is 0 Å². The molecular formula is C24H24N2O3. The molecule has 0 unspecified atom stereocenters. The van der Waals surface area contributed by atoms with Crippen molar-refractivity contribution in [2.45, 2.75) is 13.3 Å². The van der Waals surface area contributed by atoms with Crippen molar-refractivity contribution in [1.82, 2.24) is 5.32 Å². The molecule has 5 heteroatoms. The van der Waals surface area contributed by atoms with E-state index < -0.39 is 0 Å². The smallest absolute Gasteiger partial charge is 0.255 e. The molecular weight excluding hydrogens is 364 g/mol. The summed E-state index contributed by atoms with van der Waals surface area (Å²) in [5.41, 5.74) is 3.80. The summed E-state index contributed by atoms with van der Waals surface area (Å²) < 4.78 is 5.21. The summed E-state index contributed by atoms with van der Waals surface area (Å²) in [6, 6.07) is 22.0. The Kier molecular flexibility index (Phi) is 6.63. The lowest BCUT2D eigenvalue weighted by molar-refractivity contribution is 0.0954. The Bertz CT molecular complexity index is 997. The first-order valence-electron chi connectivity index (χ1n) is 9.44. The standard InChI is InChI=1S/C24H24N2O3/c1-17-9-11-21(12-10-17)26-24(28)20-7-4-6-19(16-20)23(27)25-14-13-18-5-3-8-22(15-18)29-2/h3-12,15-16H,13-14H2,1-2H3,(H,25,27)(H,26,28). The lowest BCUT2D eigenvalue weighted by atomic mass is 10.1. The van der Waals surface area contributed by atoms with E-state index >= 15 is 0 Å². The van der Waals surface area contributed by atoms with Gasteiger partial charge in [0.05, 0.1) is 7.11 Å². The Morgan fingerprint density at radius 3 is 2.28 bits per heavy atom. The quantitative estimate of drug-likeness (QED) is 0.637. The molecule has 2 amide bonds. The molecule has 0 radical (unpaired) electrons. The number of carbonyl (C=O) groups excluding carboxylic acids is 2. The maximum atomic E-state index is 12.5. The number of rotatable bonds is 7. The molecule has 29 heavy (non-hydrogen) atoms. The summed E-state index contributed by atoms with van der Waals surface area (Å²) in [5, 5.41) is 5.74. The first-order valence-corrected chi connectivity index (χ1v) is 9.44. The molecule has 0 aliphatic carbocycles. The molecule has 3 aromatic rings. The van der Waals surface area contributed by atoms with Crippen LogP contribution in [0.3, 0.4) is 0 Å². The summed E-state index contributed by atoms with van der Waals surface area (Å²) in [5.74, 6) is 0.332. The molecule has 148 valence electrons. The van der Waals surface area contributed by atoms with Crippen LogP contribution in [0.5, 0.6) is 5.75 Å². The summed E-state index contributed by atoms with van der Waals surface area (Å²) in [7, 11) is 1.63. The molecule has 0 aliphatic heterocycles. The predicted octanol–water partition coefficient (Wildman–Crippen LogP) is 4.23. The van der Waals surface area contributed by atoms with Crippen LogP contribution >= 0.6 is 0 Å². The van der Waals surface area contributed by atoms with Crippen molar-refractivity contribution < 1.29 is 14.3 Å². The average molecular weight is 388 g/mol. The summed E-state index contributed by atoms with van der Waals surface area (Å²) in [4.78, 5) is 24.9. The van der Waals surface area contributed by atoms with E-state index in [1.54, 1.807) is 31.4 Å². The van der Waals surface area contributed by atoms with Crippen molar-refractivity contribution in [3.8, 4) is 5.75 Å². The van der Waals surface area contributed by atoms with Crippen LogP contribution in [0.2, 0.25) is 0 Å². The molecule has 0 spiro atoms. The molecule has 5 nitrogen and oxygen atoms in total. The predicted molar refractivity (Wildman–Crippen MR) is 115 cm³/mol. The molecule has 0 bridgehead atoms. The number of ether oxygens (including phenoxy) is 1. The molecule has 3 aromatic carbocycles. The average Bonchev–Trinajstić information content (AvgIpc) is 2.75. The summed E-state index contributed by atoms with van der Waals surface area (Å²) >= 11 is 0. The topological polar surface area (TPSA) is 67.4 Å². The van der Waals surface area contributed by atoms with Gasteiger partial charge in [0.25, 0.3) is 11.8 Å². The number of methoxy groups -OCH3 is 1. The highest BCUT2D eigenvalue weighted by Crippen LogP contribution is 2.14. The Balaban J connectivity index is 1.58. The zero-order valence-corrected chi connectivity index (χ0v) is 16.6. The van der Waals surface area contributed by atoms with E-state index in [1.165, 1.54) is 0 Å². The second-order valence-corrected chi connectivity index (χ2v) is 6.76. The van der Waals surface area contributed by atoms with Gasteiger partial charge in [0.2, 0.25) is 0 Å². The molecule has 0 heterocycles. The molecule has 0 saturated heterocycles. The number of anilines is 1. The number of hydrogen-bond donors (Lipinski definition) is 2. The van der Waals surface area contributed by atoms with Gasteiger partial charge < -0.3 is 15.4 Å². The summed E-state index contributed by atoms with van der Waals surface area (Å²) in [6.45, 7) is 2.48. The SMILES string of the molecule is COc1cccc(CCNC(=O)c2cccc(C(=O)Nc3ccc(C)cc3)c2)c1. The van der Waals surface area contributed by atoms with E-state index in [1.807, 2.05) is 55.5 Å². The minimum Gasteiger partial charge on any atom is -0.497 e. The molecule has 0 aromatic heterocycles. The third-order valence-electron chi connectivity index (χ3n) is 4.53. The minimum atomic E-state index is -0.250.